The lowest BCUT2D eigenvalue weighted by Gasteiger charge is -2.30. The molecular formula is C26H34ClF3N8O. The molecule has 3 heterocycles. The largest absolute Gasteiger partial charge is 0.416 e. The Morgan fingerprint density at radius 3 is 2.64 bits per heavy atom. The quantitative estimate of drug-likeness (QED) is 0.205. The maximum Gasteiger partial charge on any atom is 0.416 e. The average Bonchev–Trinajstić information content (AvgIpc) is 3.51. The molecule has 0 fully saturated rings. The number of hydrogen-bond donors (Lipinski definition) is 2. The highest BCUT2D eigenvalue weighted by Gasteiger charge is 2.31. The Hall–Kier alpha value is -2.96. The first-order valence-corrected chi connectivity index (χ1v) is 13.3. The highest BCUT2D eigenvalue weighted by molar-refractivity contribution is 6.35. The molecule has 2 N–H and O–H groups in total. The van der Waals surface area contributed by atoms with Crippen molar-refractivity contribution in [1.29, 1.82) is 0 Å². The number of nitrogens with one attached hydrogen (secondary N) is 2. The molecule has 0 saturated heterocycles. The van der Waals surface area contributed by atoms with Crippen LogP contribution in [0.5, 0.6) is 0 Å². The van der Waals surface area contributed by atoms with Gasteiger partial charge in [-0.3, -0.25) is 4.90 Å². The van der Waals surface area contributed by atoms with Crippen LogP contribution >= 0.6 is 11.6 Å². The lowest BCUT2D eigenvalue weighted by atomic mass is 10.1. The summed E-state index contributed by atoms with van der Waals surface area (Å²) >= 11 is 6.07. The summed E-state index contributed by atoms with van der Waals surface area (Å²) in [7, 11) is 3.54. The van der Waals surface area contributed by atoms with Gasteiger partial charge in [0.25, 0.3) is 0 Å². The predicted octanol–water partition coefficient (Wildman–Crippen LogP) is 5.55. The number of aryl methyl sites for hydroxylation is 2. The third kappa shape index (κ3) is 6.98. The van der Waals surface area contributed by atoms with Crippen LogP contribution in [0.2, 0.25) is 5.02 Å². The summed E-state index contributed by atoms with van der Waals surface area (Å²) in [4.78, 5) is 22.8. The van der Waals surface area contributed by atoms with Crippen molar-refractivity contribution >= 4 is 39.6 Å². The second-order valence-electron chi connectivity index (χ2n) is 9.81. The number of rotatable bonds is 13. The van der Waals surface area contributed by atoms with Crippen molar-refractivity contribution in [1.82, 2.24) is 34.4 Å². The Labute approximate surface area is 230 Å². The first-order chi connectivity index (χ1) is 18.6. The zero-order chi connectivity index (χ0) is 28.2. The normalized spacial score (nSPS) is 13.3. The Morgan fingerprint density at radius 1 is 1.15 bits per heavy atom. The van der Waals surface area contributed by atoms with E-state index in [1.165, 1.54) is 6.33 Å². The van der Waals surface area contributed by atoms with E-state index < -0.39 is 11.7 Å². The molecule has 0 amide bonds. The number of nitrogens with zero attached hydrogens (tertiary/aromatic N) is 6. The van der Waals surface area contributed by atoms with Crippen LogP contribution in [-0.2, 0) is 23.9 Å². The number of anilines is 1. The highest BCUT2D eigenvalue weighted by atomic mass is 35.5. The molecule has 0 aliphatic rings. The molecule has 13 heteroatoms. The van der Waals surface area contributed by atoms with E-state index in [4.69, 9.17) is 16.3 Å². The zero-order valence-corrected chi connectivity index (χ0v) is 23.3. The van der Waals surface area contributed by atoms with E-state index in [-0.39, 0.29) is 11.1 Å². The summed E-state index contributed by atoms with van der Waals surface area (Å²) in [6, 6.07) is 2.31. The number of H-pyrrole nitrogens is 1. The topological polar surface area (TPSA) is 96.8 Å². The Kier molecular flexibility index (Phi) is 9.29. The van der Waals surface area contributed by atoms with E-state index in [9.17, 15) is 13.2 Å². The van der Waals surface area contributed by atoms with Crippen LogP contribution in [0, 0.1) is 0 Å². The second kappa shape index (κ2) is 12.5. The van der Waals surface area contributed by atoms with Gasteiger partial charge in [-0.25, -0.2) is 19.9 Å². The van der Waals surface area contributed by atoms with Gasteiger partial charge in [-0.2, -0.15) is 13.2 Å². The number of alkyl halides is 3. The van der Waals surface area contributed by atoms with Crippen molar-refractivity contribution in [3.63, 3.8) is 0 Å². The summed E-state index contributed by atoms with van der Waals surface area (Å²) in [5.74, 6) is 1.33. The number of ether oxygens (including phenoxy) is 1. The molecule has 212 valence electrons. The molecule has 1 aromatic carbocycles. The number of unbranched alkanes of at least 4 members (excludes halogenated alkanes) is 1. The van der Waals surface area contributed by atoms with Crippen LogP contribution in [0.15, 0.2) is 24.8 Å². The molecule has 1 unspecified atom stereocenters. The molecule has 1 atom stereocenters. The van der Waals surface area contributed by atoms with Crippen LogP contribution in [0.25, 0.3) is 22.2 Å². The minimum absolute atomic E-state index is 0.00229. The zero-order valence-electron chi connectivity index (χ0n) is 22.5. The first-order valence-electron chi connectivity index (χ1n) is 13.0. The fourth-order valence-electron chi connectivity index (χ4n) is 4.63. The minimum atomic E-state index is -4.46. The summed E-state index contributed by atoms with van der Waals surface area (Å²) in [5.41, 5.74) is 1.41. The molecule has 9 nitrogen and oxygen atoms in total. The van der Waals surface area contributed by atoms with Crippen molar-refractivity contribution in [2.45, 2.75) is 64.4 Å². The standard InChI is InChI=1S/C26H34ClF3N8O/c1-16(2)37(13-18(39-4)8-10-38-15-34-23-24(31-3)32-14-33-25(23)38)9-6-5-7-21-35-20-12-17(26(28,29)30)11-19(27)22(20)36-21/h11-12,14-16,18H,5-10,13H2,1-4H3,(H,35,36)(H,31,32,33). The molecule has 0 saturated carbocycles. The first kappa shape index (κ1) is 29.0. The smallest absolute Gasteiger partial charge is 0.380 e. The Bertz CT molecular complexity index is 1390. The third-order valence-electron chi connectivity index (χ3n) is 6.86. The Morgan fingerprint density at radius 2 is 1.95 bits per heavy atom. The van der Waals surface area contributed by atoms with Crippen LogP contribution in [0.3, 0.4) is 0 Å². The van der Waals surface area contributed by atoms with Gasteiger partial charge in [0.15, 0.2) is 11.5 Å². The van der Waals surface area contributed by atoms with E-state index in [2.05, 4.69) is 49.0 Å². The van der Waals surface area contributed by atoms with E-state index in [0.717, 1.165) is 55.6 Å². The molecule has 3 aromatic heterocycles. The van der Waals surface area contributed by atoms with Crippen LogP contribution in [-0.4, -0.2) is 73.8 Å². The number of halogens is 4. The molecule has 4 aromatic rings. The molecular weight excluding hydrogens is 533 g/mol. The SMILES string of the molecule is CNc1ncnc2c1ncn2CCC(CN(CCCCc1nc2c(Cl)cc(C(F)(F)F)cc2[nH]1)C(C)C)OC. The number of methoxy groups -OCH3 is 1. The third-order valence-corrected chi connectivity index (χ3v) is 7.15. The number of fused-ring (bicyclic) bond motifs is 2. The van der Waals surface area contributed by atoms with E-state index in [1.54, 1.807) is 13.4 Å². The van der Waals surface area contributed by atoms with Gasteiger partial charge in [-0.15, -0.1) is 0 Å². The second-order valence-corrected chi connectivity index (χ2v) is 10.2. The van der Waals surface area contributed by atoms with Gasteiger partial charge in [0.2, 0.25) is 0 Å². The van der Waals surface area contributed by atoms with Crippen molar-refractivity contribution in [2.75, 3.05) is 32.6 Å². The summed E-state index contributed by atoms with van der Waals surface area (Å²) in [6.45, 7) is 6.67. The average molecular weight is 567 g/mol. The van der Waals surface area contributed by atoms with Crippen LogP contribution < -0.4 is 5.32 Å². The van der Waals surface area contributed by atoms with E-state index in [0.29, 0.717) is 41.7 Å². The summed E-state index contributed by atoms with van der Waals surface area (Å²) < 4.78 is 47.1. The van der Waals surface area contributed by atoms with Gasteiger partial charge in [0, 0.05) is 39.7 Å². The van der Waals surface area contributed by atoms with Gasteiger partial charge < -0.3 is 19.6 Å². The molecule has 0 spiro atoms. The summed E-state index contributed by atoms with van der Waals surface area (Å²) in [5, 5.41) is 3.04. The minimum Gasteiger partial charge on any atom is -0.380 e. The number of aromatic amines is 1. The fourth-order valence-corrected chi connectivity index (χ4v) is 4.89. The van der Waals surface area contributed by atoms with E-state index >= 15 is 0 Å². The molecule has 0 radical (unpaired) electrons. The van der Waals surface area contributed by atoms with Crippen molar-refractivity contribution in [3.05, 3.63) is 41.2 Å². The fraction of sp³-hybridized carbons (Fsp3) is 0.538. The van der Waals surface area contributed by atoms with E-state index in [1.807, 2.05) is 11.6 Å². The van der Waals surface area contributed by atoms with Crippen LogP contribution in [0.1, 0.15) is 44.5 Å². The van der Waals surface area contributed by atoms with Crippen molar-refractivity contribution in [3.8, 4) is 0 Å². The predicted molar refractivity (Wildman–Crippen MR) is 146 cm³/mol. The van der Waals surface area contributed by atoms with Gasteiger partial charge >= 0.3 is 6.18 Å². The van der Waals surface area contributed by atoms with Crippen LogP contribution in [0.4, 0.5) is 19.0 Å². The molecule has 0 aliphatic carbocycles. The molecule has 39 heavy (non-hydrogen) atoms. The lowest BCUT2D eigenvalue weighted by Crippen LogP contribution is -2.39. The maximum absolute atomic E-state index is 13.1. The van der Waals surface area contributed by atoms with Gasteiger partial charge in [-0.05, 0) is 51.8 Å². The van der Waals surface area contributed by atoms with Gasteiger partial charge in [0.1, 0.15) is 23.2 Å². The number of imidazole rings is 2. The van der Waals surface area contributed by atoms with Gasteiger partial charge in [0.05, 0.1) is 28.5 Å². The molecule has 0 bridgehead atoms. The lowest BCUT2D eigenvalue weighted by molar-refractivity contribution is -0.137. The number of benzene rings is 1. The maximum atomic E-state index is 13.1. The van der Waals surface area contributed by atoms with Crippen molar-refractivity contribution in [2.24, 2.45) is 0 Å². The highest BCUT2D eigenvalue weighted by Crippen LogP contribution is 2.34. The van der Waals surface area contributed by atoms with Crippen molar-refractivity contribution < 1.29 is 17.9 Å². The Balaban J connectivity index is 1.30. The molecule has 0 aliphatic heterocycles. The van der Waals surface area contributed by atoms with Gasteiger partial charge in [-0.1, -0.05) is 11.6 Å². The molecule has 4 rings (SSSR count). The summed E-state index contributed by atoms with van der Waals surface area (Å²) in [6.07, 6.45) is 2.03. The monoisotopic (exact) mass is 566 g/mol. The number of hydrogen-bond acceptors (Lipinski definition) is 7. The number of aromatic nitrogens is 6.